The van der Waals surface area contributed by atoms with Gasteiger partial charge in [-0.25, -0.2) is 0 Å². The number of hydrogen-bond acceptors (Lipinski definition) is 2. The molecule has 2 fully saturated rings. The van der Waals surface area contributed by atoms with Crippen molar-refractivity contribution in [2.24, 2.45) is 0 Å². The summed E-state index contributed by atoms with van der Waals surface area (Å²) in [5.74, 6) is 0. The predicted octanol–water partition coefficient (Wildman–Crippen LogP) is 2.55. The normalized spacial score (nSPS) is 27.1. The molecule has 2 heterocycles. The van der Waals surface area contributed by atoms with Gasteiger partial charge in [-0.1, -0.05) is 18.2 Å². The highest BCUT2D eigenvalue weighted by atomic mass is 32.1. The van der Waals surface area contributed by atoms with E-state index < -0.39 is 0 Å². The minimum atomic E-state index is 0.669. The van der Waals surface area contributed by atoms with Gasteiger partial charge < -0.3 is 10.2 Å². The molecule has 1 aromatic rings. The number of nitrogens with zero attached hydrogens (tertiary/aromatic N) is 2. The maximum atomic E-state index is 5.57. The highest BCUT2D eigenvalue weighted by Crippen LogP contribution is 2.28. The van der Waals surface area contributed by atoms with E-state index in [0.29, 0.717) is 6.04 Å². The Morgan fingerprint density at radius 1 is 1.16 bits per heavy atom. The third kappa shape index (κ3) is 2.74. The van der Waals surface area contributed by atoms with Gasteiger partial charge in [0, 0.05) is 30.9 Å². The summed E-state index contributed by atoms with van der Waals surface area (Å²) in [6.45, 7) is 2.13. The molecule has 0 spiro atoms. The van der Waals surface area contributed by atoms with Crippen LogP contribution in [-0.2, 0) is 0 Å². The van der Waals surface area contributed by atoms with Crippen molar-refractivity contribution in [1.82, 2.24) is 9.80 Å². The van der Waals surface area contributed by atoms with Gasteiger partial charge in [-0.05, 0) is 50.7 Å². The van der Waals surface area contributed by atoms with Crippen LogP contribution in [0.3, 0.4) is 0 Å². The van der Waals surface area contributed by atoms with Gasteiger partial charge in [0.25, 0.3) is 0 Å². The first kappa shape index (κ1) is 12.9. The quantitative estimate of drug-likeness (QED) is 0.794. The molecule has 2 saturated heterocycles. The summed E-state index contributed by atoms with van der Waals surface area (Å²) in [6, 6.07) is 11.6. The summed E-state index contributed by atoms with van der Waals surface area (Å²) in [5, 5.41) is 4.22. The van der Waals surface area contributed by atoms with Crippen LogP contribution in [0.2, 0.25) is 0 Å². The number of fused-ring (bicyclic) bond motifs is 2. The first-order chi connectivity index (χ1) is 9.24. The zero-order valence-corrected chi connectivity index (χ0v) is 12.2. The van der Waals surface area contributed by atoms with Crippen LogP contribution in [0.5, 0.6) is 0 Å². The summed E-state index contributed by atoms with van der Waals surface area (Å²) in [7, 11) is 2.26. The lowest BCUT2D eigenvalue weighted by Crippen LogP contribution is -2.41. The number of likely N-dealkylation sites (tertiary alicyclic amines) is 1. The third-order valence-electron chi connectivity index (χ3n) is 4.46. The number of rotatable bonds is 1. The zero-order chi connectivity index (χ0) is 13.2. The van der Waals surface area contributed by atoms with Crippen LogP contribution in [0.15, 0.2) is 30.3 Å². The van der Waals surface area contributed by atoms with Crippen LogP contribution in [0.4, 0.5) is 5.69 Å². The van der Waals surface area contributed by atoms with Crippen molar-refractivity contribution in [1.29, 1.82) is 0 Å². The Morgan fingerprint density at radius 3 is 2.68 bits per heavy atom. The number of para-hydroxylation sites is 1. The average molecular weight is 275 g/mol. The average Bonchev–Trinajstić information content (AvgIpc) is 2.64. The maximum Gasteiger partial charge on any atom is 0.173 e. The Kier molecular flexibility index (Phi) is 3.71. The van der Waals surface area contributed by atoms with E-state index in [-0.39, 0.29) is 0 Å². The monoisotopic (exact) mass is 275 g/mol. The topological polar surface area (TPSA) is 18.5 Å². The predicted molar refractivity (Wildman–Crippen MR) is 83.4 cm³/mol. The van der Waals surface area contributed by atoms with Crippen LogP contribution >= 0.6 is 12.2 Å². The molecule has 2 aliphatic rings. The lowest BCUT2D eigenvalue weighted by molar-refractivity contribution is 0.246. The molecule has 0 aromatic heterocycles. The van der Waals surface area contributed by atoms with Gasteiger partial charge in [-0.2, -0.15) is 0 Å². The Labute approximate surface area is 120 Å². The molecule has 1 N–H and O–H groups in total. The molecule has 19 heavy (non-hydrogen) atoms. The molecule has 4 heteroatoms. The minimum Gasteiger partial charge on any atom is -0.347 e. The molecule has 0 aliphatic carbocycles. The van der Waals surface area contributed by atoms with Gasteiger partial charge >= 0.3 is 0 Å². The van der Waals surface area contributed by atoms with Crippen molar-refractivity contribution in [2.45, 2.75) is 31.3 Å². The summed E-state index contributed by atoms with van der Waals surface area (Å²) < 4.78 is 0. The molecule has 2 bridgehead atoms. The molecule has 0 amide bonds. The van der Waals surface area contributed by atoms with Crippen LogP contribution < -0.4 is 5.32 Å². The third-order valence-corrected chi connectivity index (χ3v) is 4.82. The standard InChI is InChI=1S/C15H21N3S/c1-17-13-7-8-14(17)11-18(10-9-13)15(19)16-12-5-3-2-4-6-12/h2-6,13-14H,7-11H2,1H3,(H,16,19). The molecular formula is C15H21N3S. The van der Waals surface area contributed by atoms with Crippen LogP contribution in [0.1, 0.15) is 19.3 Å². The molecule has 0 saturated carbocycles. The largest absolute Gasteiger partial charge is 0.347 e. The second kappa shape index (κ2) is 5.47. The van der Waals surface area contributed by atoms with Gasteiger partial charge in [0.2, 0.25) is 0 Å². The summed E-state index contributed by atoms with van der Waals surface area (Å²) in [5.41, 5.74) is 1.08. The van der Waals surface area contributed by atoms with Crippen LogP contribution in [0.25, 0.3) is 0 Å². The van der Waals surface area contributed by atoms with Gasteiger partial charge in [-0.3, -0.25) is 4.90 Å². The molecule has 0 radical (unpaired) electrons. The van der Waals surface area contributed by atoms with Crippen LogP contribution in [-0.4, -0.2) is 47.1 Å². The van der Waals surface area contributed by atoms with Gasteiger partial charge in [0.15, 0.2) is 5.11 Å². The molecule has 1 aromatic carbocycles. The molecule has 3 nitrogen and oxygen atoms in total. The maximum absolute atomic E-state index is 5.57. The van der Waals surface area contributed by atoms with Crippen molar-refractivity contribution < 1.29 is 0 Å². The Balaban J connectivity index is 1.64. The molecule has 3 rings (SSSR count). The van der Waals surface area contributed by atoms with Crippen molar-refractivity contribution in [3.8, 4) is 0 Å². The van der Waals surface area contributed by atoms with Gasteiger partial charge in [0.05, 0.1) is 0 Å². The fourth-order valence-electron chi connectivity index (χ4n) is 3.22. The number of likely N-dealkylation sites (N-methyl/N-ethyl adjacent to an activating group) is 1. The highest BCUT2D eigenvalue weighted by molar-refractivity contribution is 7.80. The van der Waals surface area contributed by atoms with E-state index in [9.17, 15) is 0 Å². The second-order valence-corrected chi connectivity index (χ2v) is 5.97. The fraction of sp³-hybridized carbons (Fsp3) is 0.533. The van der Waals surface area contributed by atoms with Crippen molar-refractivity contribution in [2.75, 3.05) is 25.5 Å². The van der Waals surface area contributed by atoms with Crippen LogP contribution in [0, 0.1) is 0 Å². The van der Waals surface area contributed by atoms with Crippen molar-refractivity contribution in [3.63, 3.8) is 0 Å². The lowest BCUT2D eigenvalue weighted by Gasteiger charge is -2.28. The molecule has 2 atom stereocenters. The van der Waals surface area contributed by atoms with Crippen molar-refractivity contribution in [3.05, 3.63) is 30.3 Å². The van der Waals surface area contributed by atoms with E-state index in [1.54, 1.807) is 0 Å². The number of nitrogens with one attached hydrogen (secondary N) is 1. The Morgan fingerprint density at radius 2 is 1.89 bits per heavy atom. The zero-order valence-electron chi connectivity index (χ0n) is 11.4. The van der Waals surface area contributed by atoms with E-state index in [1.807, 2.05) is 18.2 Å². The molecule has 2 unspecified atom stereocenters. The second-order valence-electron chi connectivity index (χ2n) is 5.58. The van der Waals surface area contributed by atoms with E-state index in [4.69, 9.17) is 12.2 Å². The Bertz CT molecular complexity index is 448. The van der Waals surface area contributed by atoms with E-state index in [0.717, 1.165) is 29.9 Å². The summed E-state index contributed by atoms with van der Waals surface area (Å²) >= 11 is 5.57. The van der Waals surface area contributed by atoms with Crippen molar-refractivity contribution >= 4 is 23.0 Å². The number of hydrogen-bond donors (Lipinski definition) is 1. The SMILES string of the molecule is CN1C2CCC1CN(C(=S)Nc1ccccc1)CC2. The number of anilines is 1. The molecule has 102 valence electrons. The lowest BCUT2D eigenvalue weighted by atomic mass is 10.1. The van der Waals surface area contributed by atoms with E-state index >= 15 is 0 Å². The first-order valence-electron chi connectivity index (χ1n) is 7.07. The smallest absolute Gasteiger partial charge is 0.173 e. The molecule has 2 aliphatic heterocycles. The Hall–Kier alpha value is -1.13. The van der Waals surface area contributed by atoms with Gasteiger partial charge in [0.1, 0.15) is 0 Å². The highest BCUT2D eigenvalue weighted by Gasteiger charge is 2.35. The van der Waals surface area contributed by atoms with Gasteiger partial charge in [-0.15, -0.1) is 0 Å². The first-order valence-corrected chi connectivity index (χ1v) is 7.48. The summed E-state index contributed by atoms with van der Waals surface area (Å²) in [4.78, 5) is 4.88. The molecular weight excluding hydrogens is 254 g/mol. The number of benzene rings is 1. The summed E-state index contributed by atoms with van der Waals surface area (Å²) in [6.07, 6.45) is 3.89. The fourth-order valence-corrected chi connectivity index (χ4v) is 3.50. The van der Waals surface area contributed by atoms with E-state index in [1.165, 1.54) is 19.3 Å². The number of thiocarbonyl (C=S) groups is 1. The minimum absolute atomic E-state index is 0.669. The van der Waals surface area contributed by atoms with E-state index in [2.05, 4.69) is 34.3 Å².